The molecule has 1 aromatic heterocycles. The van der Waals surface area contributed by atoms with Crippen molar-refractivity contribution in [3.8, 4) is 5.75 Å². The highest BCUT2D eigenvalue weighted by Gasteiger charge is 2.14. The number of benzene rings is 1. The van der Waals surface area contributed by atoms with Crippen molar-refractivity contribution in [1.29, 1.82) is 0 Å². The summed E-state index contributed by atoms with van der Waals surface area (Å²) in [4.78, 5) is 24.0. The van der Waals surface area contributed by atoms with Gasteiger partial charge in [-0.25, -0.2) is 0 Å². The van der Waals surface area contributed by atoms with E-state index < -0.39 is 0 Å². The minimum absolute atomic E-state index is 0.0822. The maximum atomic E-state index is 12.3. The van der Waals surface area contributed by atoms with E-state index in [0.29, 0.717) is 22.8 Å². The first-order chi connectivity index (χ1) is 11.0. The van der Waals surface area contributed by atoms with E-state index in [0.717, 1.165) is 0 Å². The molecule has 1 heterocycles. The molecule has 0 aliphatic carbocycles. The SMILES string of the molecule is COCC(=O)Nc1ccc(OC)cc1NC(=O)c1ccnn1C. The second-order valence-corrected chi connectivity index (χ2v) is 4.69. The molecule has 0 aliphatic heterocycles. The highest BCUT2D eigenvalue weighted by atomic mass is 16.5. The van der Waals surface area contributed by atoms with Crippen LogP contribution in [-0.2, 0) is 16.6 Å². The van der Waals surface area contributed by atoms with Crippen LogP contribution in [0.5, 0.6) is 5.75 Å². The average Bonchev–Trinajstić information content (AvgIpc) is 2.95. The summed E-state index contributed by atoms with van der Waals surface area (Å²) in [5.74, 6) is -0.121. The molecule has 2 amide bonds. The molecule has 0 unspecified atom stereocenters. The van der Waals surface area contributed by atoms with Crippen LogP contribution in [0.2, 0.25) is 0 Å². The van der Waals surface area contributed by atoms with Crippen molar-refractivity contribution in [3.05, 3.63) is 36.2 Å². The Labute approximate surface area is 133 Å². The number of hydrogen-bond donors (Lipinski definition) is 2. The van der Waals surface area contributed by atoms with Gasteiger partial charge in [-0.15, -0.1) is 0 Å². The van der Waals surface area contributed by atoms with Gasteiger partial charge in [-0.2, -0.15) is 5.10 Å². The van der Waals surface area contributed by atoms with Crippen molar-refractivity contribution >= 4 is 23.2 Å². The Balaban J connectivity index is 2.25. The summed E-state index contributed by atoms with van der Waals surface area (Å²) in [5, 5.41) is 9.37. The average molecular weight is 318 g/mol. The number of methoxy groups -OCH3 is 2. The molecule has 0 aliphatic rings. The van der Waals surface area contributed by atoms with E-state index in [-0.39, 0.29) is 18.4 Å². The third-order valence-corrected chi connectivity index (χ3v) is 3.08. The summed E-state index contributed by atoms with van der Waals surface area (Å²) < 4.78 is 11.4. The van der Waals surface area contributed by atoms with Gasteiger partial charge in [0.25, 0.3) is 5.91 Å². The zero-order valence-corrected chi connectivity index (χ0v) is 13.1. The van der Waals surface area contributed by atoms with Gasteiger partial charge in [0.1, 0.15) is 18.1 Å². The van der Waals surface area contributed by atoms with Crippen molar-refractivity contribution < 1.29 is 19.1 Å². The third-order valence-electron chi connectivity index (χ3n) is 3.08. The molecule has 0 fully saturated rings. The summed E-state index contributed by atoms with van der Waals surface area (Å²) in [6.45, 7) is -0.0822. The van der Waals surface area contributed by atoms with Crippen LogP contribution >= 0.6 is 0 Å². The van der Waals surface area contributed by atoms with Gasteiger partial charge in [0, 0.05) is 26.4 Å². The van der Waals surface area contributed by atoms with Crippen LogP contribution in [0.15, 0.2) is 30.5 Å². The van der Waals surface area contributed by atoms with E-state index in [1.54, 1.807) is 31.3 Å². The van der Waals surface area contributed by atoms with Gasteiger partial charge in [-0.05, 0) is 18.2 Å². The first-order valence-corrected chi connectivity index (χ1v) is 6.81. The lowest BCUT2D eigenvalue weighted by Crippen LogP contribution is -2.20. The van der Waals surface area contributed by atoms with Crippen LogP contribution < -0.4 is 15.4 Å². The maximum Gasteiger partial charge on any atom is 0.273 e. The molecule has 0 atom stereocenters. The number of anilines is 2. The third kappa shape index (κ3) is 4.07. The Morgan fingerprint density at radius 1 is 1.17 bits per heavy atom. The minimum atomic E-state index is -0.347. The van der Waals surface area contributed by atoms with Gasteiger partial charge >= 0.3 is 0 Å². The fourth-order valence-corrected chi connectivity index (χ4v) is 1.96. The van der Waals surface area contributed by atoms with Crippen LogP contribution in [0.1, 0.15) is 10.5 Å². The van der Waals surface area contributed by atoms with Crippen molar-refractivity contribution in [1.82, 2.24) is 9.78 Å². The second-order valence-electron chi connectivity index (χ2n) is 4.69. The number of ether oxygens (including phenoxy) is 2. The quantitative estimate of drug-likeness (QED) is 0.836. The van der Waals surface area contributed by atoms with E-state index in [1.165, 1.54) is 25.1 Å². The molecule has 0 saturated heterocycles. The fraction of sp³-hybridized carbons (Fsp3) is 0.267. The van der Waals surface area contributed by atoms with Gasteiger partial charge in [0.15, 0.2) is 0 Å². The topological polar surface area (TPSA) is 94.5 Å². The molecular formula is C15H18N4O4. The molecule has 0 bridgehead atoms. The molecule has 8 heteroatoms. The molecular weight excluding hydrogens is 300 g/mol. The predicted molar refractivity (Wildman–Crippen MR) is 84.7 cm³/mol. The van der Waals surface area contributed by atoms with Gasteiger partial charge in [-0.3, -0.25) is 14.3 Å². The van der Waals surface area contributed by atoms with Crippen molar-refractivity contribution in [2.75, 3.05) is 31.5 Å². The normalized spacial score (nSPS) is 10.2. The van der Waals surface area contributed by atoms with E-state index in [1.807, 2.05) is 0 Å². The number of amides is 2. The summed E-state index contributed by atoms with van der Waals surface area (Å²) >= 11 is 0. The molecule has 8 nitrogen and oxygen atoms in total. The predicted octanol–water partition coefficient (Wildman–Crippen LogP) is 1.27. The highest BCUT2D eigenvalue weighted by molar-refractivity contribution is 6.06. The van der Waals surface area contributed by atoms with Crippen molar-refractivity contribution in [2.45, 2.75) is 0 Å². The second kappa shape index (κ2) is 7.41. The number of aromatic nitrogens is 2. The molecule has 2 rings (SSSR count). The van der Waals surface area contributed by atoms with E-state index in [4.69, 9.17) is 9.47 Å². The zero-order chi connectivity index (χ0) is 16.8. The Morgan fingerprint density at radius 3 is 2.57 bits per heavy atom. The molecule has 122 valence electrons. The monoisotopic (exact) mass is 318 g/mol. The molecule has 0 saturated carbocycles. The smallest absolute Gasteiger partial charge is 0.273 e. The maximum absolute atomic E-state index is 12.3. The number of rotatable bonds is 6. The number of nitrogens with zero attached hydrogens (tertiary/aromatic N) is 2. The van der Waals surface area contributed by atoms with Gasteiger partial charge in [0.2, 0.25) is 5.91 Å². The molecule has 23 heavy (non-hydrogen) atoms. The number of nitrogens with one attached hydrogen (secondary N) is 2. The Bertz CT molecular complexity index is 711. The molecule has 1 aromatic carbocycles. The van der Waals surface area contributed by atoms with Crippen LogP contribution in [0.4, 0.5) is 11.4 Å². The van der Waals surface area contributed by atoms with Gasteiger partial charge in [-0.1, -0.05) is 0 Å². The minimum Gasteiger partial charge on any atom is -0.497 e. The molecule has 2 aromatic rings. The molecule has 0 spiro atoms. The van der Waals surface area contributed by atoms with Crippen LogP contribution in [0, 0.1) is 0 Å². The standard InChI is InChI=1S/C15H18N4O4/c1-19-13(6-7-16-19)15(21)18-12-8-10(23-3)4-5-11(12)17-14(20)9-22-2/h4-8H,9H2,1-3H3,(H,17,20)(H,18,21). The molecule has 0 radical (unpaired) electrons. The van der Waals surface area contributed by atoms with Crippen LogP contribution in [-0.4, -0.2) is 42.4 Å². The summed E-state index contributed by atoms with van der Waals surface area (Å²) in [6.07, 6.45) is 1.53. The van der Waals surface area contributed by atoms with Crippen molar-refractivity contribution in [2.24, 2.45) is 7.05 Å². The largest absolute Gasteiger partial charge is 0.497 e. The summed E-state index contributed by atoms with van der Waals surface area (Å²) in [5.41, 5.74) is 1.25. The van der Waals surface area contributed by atoms with E-state index in [9.17, 15) is 9.59 Å². The lowest BCUT2D eigenvalue weighted by molar-refractivity contribution is -0.119. The molecule has 2 N–H and O–H groups in total. The van der Waals surface area contributed by atoms with E-state index >= 15 is 0 Å². The lowest BCUT2D eigenvalue weighted by Gasteiger charge is -2.13. The lowest BCUT2D eigenvalue weighted by atomic mass is 10.2. The van der Waals surface area contributed by atoms with Gasteiger partial charge < -0.3 is 20.1 Å². The first kappa shape index (κ1) is 16.5. The van der Waals surface area contributed by atoms with E-state index in [2.05, 4.69) is 15.7 Å². The van der Waals surface area contributed by atoms with Crippen LogP contribution in [0.25, 0.3) is 0 Å². The Hall–Kier alpha value is -2.87. The number of aryl methyl sites for hydroxylation is 1. The zero-order valence-electron chi connectivity index (χ0n) is 13.1. The highest BCUT2D eigenvalue weighted by Crippen LogP contribution is 2.27. The Kier molecular flexibility index (Phi) is 5.32. The fourth-order valence-electron chi connectivity index (χ4n) is 1.96. The number of hydrogen-bond acceptors (Lipinski definition) is 5. The first-order valence-electron chi connectivity index (χ1n) is 6.81. The number of carbonyl (C=O) groups is 2. The van der Waals surface area contributed by atoms with Crippen LogP contribution in [0.3, 0.4) is 0 Å². The summed E-state index contributed by atoms with van der Waals surface area (Å²) in [7, 11) is 4.62. The Morgan fingerprint density at radius 2 is 1.96 bits per heavy atom. The number of carbonyl (C=O) groups excluding carboxylic acids is 2. The van der Waals surface area contributed by atoms with Crippen molar-refractivity contribution in [3.63, 3.8) is 0 Å². The summed E-state index contributed by atoms with van der Waals surface area (Å²) in [6, 6.07) is 6.54. The van der Waals surface area contributed by atoms with Gasteiger partial charge in [0.05, 0.1) is 18.5 Å².